The van der Waals surface area contributed by atoms with Crippen LogP contribution in [0.15, 0.2) is 24.1 Å². The Balaban J connectivity index is 2.12. The molecule has 3 atom stereocenters. The van der Waals surface area contributed by atoms with Crippen LogP contribution in [0.1, 0.15) is 213 Å². The number of nitrogens with zero attached hydrogens (tertiary/aromatic N) is 1. The van der Waals surface area contributed by atoms with Gasteiger partial charge in [0.15, 0.2) is 0 Å². The Labute approximate surface area is 323 Å². The van der Waals surface area contributed by atoms with E-state index >= 15 is 0 Å². The third-order valence-corrected chi connectivity index (χ3v) is 11.3. The molecule has 1 heterocycles. The van der Waals surface area contributed by atoms with Gasteiger partial charge in [-0.25, -0.2) is 0 Å². The number of likely N-dealkylation sites (tertiary alicyclic amines) is 1. The second-order valence-corrected chi connectivity index (χ2v) is 16.2. The number of unbranched alkanes of at least 4 members (excludes halogenated alkanes) is 14. The lowest BCUT2D eigenvalue weighted by atomic mass is 9.91. The Bertz CT molecular complexity index is 914. The van der Waals surface area contributed by atoms with E-state index in [1.807, 2.05) is 6.08 Å². The zero-order valence-corrected chi connectivity index (χ0v) is 34.8. The minimum Gasteiger partial charge on any atom is -0.466 e. The molecule has 5 heteroatoms. The summed E-state index contributed by atoms with van der Waals surface area (Å²) in [5.74, 6) is 1.89. The van der Waals surface area contributed by atoms with Crippen LogP contribution >= 0.6 is 0 Å². The van der Waals surface area contributed by atoms with Crippen molar-refractivity contribution < 1.29 is 19.1 Å². The van der Waals surface area contributed by atoms with Gasteiger partial charge in [-0.15, -0.1) is 0 Å². The van der Waals surface area contributed by atoms with Gasteiger partial charge in [0.05, 0.1) is 13.2 Å². The van der Waals surface area contributed by atoms with Gasteiger partial charge in [0.1, 0.15) is 0 Å². The highest BCUT2D eigenvalue weighted by molar-refractivity contribution is 5.69. The zero-order valence-electron chi connectivity index (χ0n) is 34.8. The normalized spacial score (nSPS) is 15.0. The Morgan fingerprint density at radius 3 is 1.65 bits per heavy atom. The minimum absolute atomic E-state index is 0.00141. The van der Waals surface area contributed by atoms with Crippen molar-refractivity contribution in [2.75, 3.05) is 32.8 Å². The number of piperidine rings is 1. The molecule has 0 aromatic rings. The fourth-order valence-corrected chi connectivity index (χ4v) is 7.65. The molecule has 5 nitrogen and oxygen atoms in total. The molecule has 0 spiro atoms. The average Bonchev–Trinajstić information content (AvgIpc) is 3.15. The molecule has 302 valence electrons. The Morgan fingerprint density at radius 1 is 0.615 bits per heavy atom. The average molecular weight is 728 g/mol. The van der Waals surface area contributed by atoms with Crippen molar-refractivity contribution in [2.24, 2.45) is 17.8 Å². The van der Waals surface area contributed by atoms with Gasteiger partial charge in [-0.1, -0.05) is 161 Å². The van der Waals surface area contributed by atoms with Gasteiger partial charge in [-0.3, -0.25) is 9.59 Å². The van der Waals surface area contributed by atoms with Crippen LogP contribution in [0.5, 0.6) is 0 Å². The maximum absolute atomic E-state index is 12.2. The van der Waals surface area contributed by atoms with Crippen LogP contribution in [0.4, 0.5) is 0 Å². The van der Waals surface area contributed by atoms with Gasteiger partial charge < -0.3 is 14.4 Å². The highest BCUT2D eigenvalue weighted by Gasteiger charge is 2.14. The summed E-state index contributed by atoms with van der Waals surface area (Å²) in [5.41, 5.74) is 5.68. The Kier molecular flexibility index (Phi) is 33.6. The molecule has 0 saturated carbocycles. The van der Waals surface area contributed by atoms with Crippen LogP contribution in [0, 0.1) is 17.8 Å². The lowest BCUT2D eigenvalue weighted by molar-refractivity contribution is -0.145. The molecule has 52 heavy (non-hydrogen) atoms. The monoisotopic (exact) mass is 728 g/mol. The standard InChI is InChI=1S/C47H85NO4/c1-5-8-28-43(4)36-41-51-46(49)33-24-19-15-11-13-17-22-31-44(35-40-48-38-26-21-27-39-48)32-23-18-14-12-16-20-25-34-47(50)52-42-37-45(29-9-6-2)30-10-7-3/h29,43-45H,2,5,7-8,10-28,30-42H2,1,3-4H3. The summed E-state index contributed by atoms with van der Waals surface area (Å²) in [5, 5.41) is 0. The first kappa shape index (κ1) is 48.2. The van der Waals surface area contributed by atoms with Crippen molar-refractivity contribution >= 4 is 11.9 Å². The molecule has 0 amide bonds. The molecule has 1 aliphatic heterocycles. The van der Waals surface area contributed by atoms with E-state index in [2.05, 4.69) is 43.7 Å². The van der Waals surface area contributed by atoms with E-state index in [0.29, 0.717) is 37.9 Å². The smallest absolute Gasteiger partial charge is 0.305 e. The van der Waals surface area contributed by atoms with Gasteiger partial charge in [-0.2, -0.15) is 0 Å². The van der Waals surface area contributed by atoms with Gasteiger partial charge in [0.25, 0.3) is 0 Å². The first-order valence-corrected chi connectivity index (χ1v) is 22.6. The number of allylic oxidation sites excluding steroid dienone is 1. The third kappa shape index (κ3) is 30.6. The lowest BCUT2D eigenvalue weighted by Gasteiger charge is -2.28. The molecular formula is C47H85NO4. The van der Waals surface area contributed by atoms with Crippen molar-refractivity contribution in [3.63, 3.8) is 0 Å². The summed E-state index contributed by atoms with van der Waals surface area (Å²) in [7, 11) is 0. The molecule has 0 aliphatic carbocycles. The molecule has 1 rings (SSSR count). The van der Waals surface area contributed by atoms with E-state index < -0.39 is 0 Å². The van der Waals surface area contributed by atoms with Crippen molar-refractivity contribution in [1.29, 1.82) is 0 Å². The lowest BCUT2D eigenvalue weighted by Crippen LogP contribution is -2.31. The maximum atomic E-state index is 12.2. The molecule has 0 bridgehead atoms. The van der Waals surface area contributed by atoms with Gasteiger partial charge in [0.2, 0.25) is 0 Å². The van der Waals surface area contributed by atoms with Gasteiger partial charge in [0, 0.05) is 12.8 Å². The van der Waals surface area contributed by atoms with Gasteiger partial charge >= 0.3 is 11.9 Å². The summed E-state index contributed by atoms with van der Waals surface area (Å²) < 4.78 is 11.0. The Hall–Kier alpha value is -1.80. The van der Waals surface area contributed by atoms with Crippen molar-refractivity contribution in [3.8, 4) is 0 Å². The van der Waals surface area contributed by atoms with Crippen LogP contribution in [0.25, 0.3) is 0 Å². The first-order valence-electron chi connectivity index (χ1n) is 22.6. The van der Waals surface area contributed by atoms with Crippen LogP contribution in [0.3, 0.4) is 0 Å². The Morgan fingerprint density at radius 2 is 1.12 bits per heavy atom. The number of carbonyl (C=O) groups excluding carboxylic acids is 2. The third-order valence-electron chi connectivity index (χ3n) is 11.3. The number of ether oxygens (including phenoxy) is 2. The fourth-order valence-electron chi connectivity index (χ4n) is 7.65. The summed E-state index contributed by atoms with van der Waals surface area (Å²) >= 11 is 0. The summed E-state index contributed by atoms with van der Waals surface area (Å²) in [6.45, 7) is 15.3. The molecule has 3 unspecified atom stereocenters. The van der Waals surface area contributed by atoms with Gasteiger partial charge in [-0.05, 0) is 101 Å². The van der Waals surface area contributed by atoms with E-state index in [1.54, 1.807) is 0 Å². The van der Waals surface area contributed by atoms with E-state index in [-0.39, 0.29) is 11.9 Å². The van der Waals surface area contributed by atoms with Crippen LogP contribution in [0.2, 0.25) is 0 Å². The van der Waals surface area contributed by atoms with Crippen molar-refractivity contribution in [3.05, 3.63) is 24.1 Å². The van der Waals surface area contributed by atoms with Crippen LogP contribution in [-0.4, -0.2) is 49.7 Å². The molecule has 0 aromatic heterocycles. The number of rotatable bonds is 36. The van der Waals surface area contributed by atoms with Crippen molar-refractivity contribution in [2.45, 2.75) is 213 Å². The van der Waals surface area contributed by atoms with Crippen LogP contribution in [-0.2, 0) is 19.1 Å². The molecule has 1 aliphatic rings. The largest absolute Gasteiger partial charge is 0.466 e. The topological polar surface area (TPSA) is 55.8 Å². The molecule has 1 fully saturated rings. The molecule has 0 aromatic carbocycles. The summed E-state index contributed by atoms with van der Waals surface area (Å²) in [4.78, 5) is 27.0. The van der Waals surface area contributed by atoms with Crippen LogP contribution < -0.4 is 0 Å². The second-order valence-electron chi connectivity index (χ2n) is 16.2. The fraction of sp³-hybridized carbons (Fsp3) is 0.872. The molecular weight excluding hydrogens is 643 g/mol. The highest BCUT2D eigenvalue weighted by Crippen LogP contribution is 2.24. The summed E-state index contributed by atoms with van der Waals surface area (Å²) in [6.07, 6.45) is 38.0. The number of esters is 2. The van der Waals surface area contributed by atoms with E-state index in [9.17, 15) is 9.59 Å². The molecule has 0 N–H and O–H groups in total. The van der Waals surface area contributed by atoms with E-state index in [4.69, 9.17) is 9.47 Å². The summed E-state index contributed by atoms with van der Waals surface area (Å²) in [6, 6.07) is 0. The second kappa shape index (κ2) is 36.2. The molecule has 0 radical (unpaired) electrons. The predicted molar refractivity (Wildman–Crippen MR) is 222 cm³/mol. The molecule has 1 saturated heterocycles. The SMILES string of the molecule is C=C=C=CC(CCCC)CCOC(=O)CCCCCCCCCC(CCCCCCCCCC(=O)OCCC(C)CCCC)CCN1CCCCC1. The van der Waals surface area contributed by atoms with Crippen molar-refractivity contribution in [1.82, 2.24) is 4.90 Å². The first-order chi connectivity index (χ1) is 25.5. The number of carbonyl (C=O) groups is 2. The van der Waals surface area contributed by atoms with E-state index in [0.717, 1.165) is 50.9 Å². The number of hydrogen-bond acceptors (Lipinski definition) is 5. The minimum atomic E-state index is -0.0413. The maximum Gasteiger partial charge on any atom is 0.305 e. The zero-order chi connectivity index (χ0) is 37.7. The quantitative estimate of drug-likeness (QED) is 0.0365. The highest BCUT2D eigenvalue weighted by atomic mass is 16.5. The predicted octanol–water partition coefficient (Wildman–Crippen LogP) is 13.5. The van der Waals surface area contributed by atoms with E-state index in [1.165, 1.54) is 154 Å². The number of hydrogen-bond donors (Lipinski definition) is 0.